The number of nitro benzene ring substituents is 3. The molecule has 13 heteroatoms. The Labute approximate surface area is 184 Å². The van der Waals surface area contributed by atoms with Crippen LogP contribution in [0.15, 0.2) is 65.8 Å². The number of nitro groups is 3. The number of nitrogens with zero attached hydrogens (tertiary/aromatic N) is 5. The number of hydrazone groups is 1. The number of benzene rings is 3. The predicted molar refractivity (Wildman–Crippen MR) is 115 cm³/mol. The highest BCUT2D eigenvalue weighted by Crippen LogP contribution is 2.30. The Hall–Kier alpha value is -5.38. The van der Waals surface area contributed by atoms with Crippen molar-refractivity contribution in [1.29, 1.82) is 5.26 Å². The molecule has 0 fully saturated rings. The van der Waals surface area contributed by atoms with Gasteiger partial charge in [-0.05, 0) is 42.0 Å². The van der Waals surface area contributed by atoms with E-state index in [4.69, 9.17) is 4.74 Å². The molecule has 1 N–H and O–H groups in total. The molecule has 0 aromatic heterocycles. The fourth-order valence-electron chi connectivity index (χ4n) is 2.61. The summed E-state index contributed by atoms with van der Waals surface area (Å²) in [6.45, 7) is 0. The third-order valence-corrected chi connectivity index (χ3v) is 4.19. The smallest absolute Gasteiger partial charge is 0.301 e. The highest BCUT2D eigenvalue weighted by molar-refractivity contribution is 5.81. The van der Waals surface area contributed by atoms with Gasteiger partial charge in [-0.1, -0.05) is 0 Å². The quantitative estimate of drug-likeness (QED) is 0.293. The first-order chi connectivity index (χ1) is 15.8. The van der Waals surface area contributed by atoms with Crippen LogP contribution in [0, 0.1) is 41.7 Å². The van der Waals surface area contributed by atoms with Crippen molar-refractivity contribution in [3.63, 3.8) is 0 Å². The zero-order valence-corrected chi connectivity index (χ0v) is 16.4. The van der Waals surface area contributed by atoms with Crippen LogP contribution in [-0.4, -0.2) is 21.0 Å². The van der Waals surface area contributed by atoms with Gasteiger partial charge in [-0.25, -0.2) is 0 Å². The molecule has 0 aliphatic carbocycles. The molecular weight excluding hydrogens is 436 g/mol. The molecule has 3 aromatic rings. The number of anilines is 1. The Morgan fingerprint density at radius 2 is 1.52 bits per heavy atom. The summed E-state index contributed by atoms with van der Waals surface area (Å²) in [5, 5.41) is 45.8. The molecule has 0 atom stereocenters. The van der Waals surface area contributed by atoms with Crippen LogP contribution in [-0.2, 0) is 0 Å². The molecule has 0 saturated heterocycles. The number of ether oxygens (including phenoxy) is 1. The Bertz CT molecular complexity index is 1320. The fraction of sp³-hybridized carbons (Fsp3) is 0. The van der Waals surface area contributed by atoms with Crippen LogP contribution in [0.2, 0.25) is 0 Å². The lowest BCUT2D eigenvalue weighted by molar-refractivity contribution is -0.393. The number of hydrogen-bond acceptors (Lipinski definition) is 10. The van der Waals surface area contributed by atoms with E-state index in [1.165, 1.54) is 24.4 Å². The normalized spacial score (nSPS) is 10.4. The van der Waals surface area contributed by atoms with Crippen molar-refractivity contribution in [1.82, 2.24) is 0 Å². The molecule has 0 spiro atoms. The summed E-state index contributed by atoms with van der Waals surface area (Å²) in [5.41, 5.74) is 1.90. The largest absolute Gasteiger partial charge is 0.456 e. The van der Waals surface area contributed by atoms with E-state index < -0.39 is 26.1 Å². The summed E-state index contributed by atoms with van der Waals surface area (Å²) in [6.07, 6.45) is 1.36. The first-order valence-electron chi connectivity index (χ1n) is 8.97. The lowest BCUT2D eigenvalue weighted by Crippen LogP contribution is -1.98. The second kappa shape index (κ2) is 9.62. The van der Waals surface area contributed by atoms with Crippen LogP contribution >= 0.6 is 0 Å². The molecule has 0 saturated carbocycles. The van der Waals surface area contributed by atoms with Crippen LogP contribution < -0.4 is 10.2 Å². The van der Waals surface area contributed by atoms with Crippen molar-refractivity contribution in [3.05, 3.63) is 102 Å². The number of hydrogen-bond donors (Lipinski definition) is 1. The van der Waals surface area contributed by atoms with Crippen molar-refractivity contribution in [2.24, 2.45) is 5.10 Å². The van der Waals surface area contributed by atoms with Gasteiger partial charge in [0.1, 0.15) is 28.8 Å². The van der Waals surface area contributed by atoms with Gasteiger partial charge in [0.15, 0.2) is 0 Å². The minimum Gasteiger partial charge on any atom is -0.456 e. The van der Waals surface area contributed by atoms with Crippen LogP contribution in [0.5, 0.6) is 11.5 Å². The summed E-state index contributed by atoms with van der Waals surface area (Å²) in [5.74, 6) is 0.508. The van der Waals surface area contributed by atoms with Gasteiger partial charge < -0.3 is 4.74 Å². The van der Waals surface area contributed by atoms with Gasteiger partial charge in [0.05, 0.1) is 27.1 Å². The highest BCUT2D eigenvalue weighted by Gasteiger charge is 2.19. The third kappa shape index (κ3) is 5.41. The van der Waals surface area contributed by atoms with Crippen molar-refractivity contribution < 1.29 is 19.5 Å². The van der Waals surface area contributed by atoms with Gasteiger partial charge in [-0.2, -0.15) is 10.4 Å². The minimum atomic E-state index is -0.759. The average Bonchev–Trinajstić information content (AvgIpc) is 2.80. The van der Waals surface area contributed by atoms with E-state index in [2.05, 4.69) is 10.5 Å². The second-order valence-electron chi connectivity index (χ2n) is 6.31. The van der Waals surface area contributed by atoms with E-state index in [0.29, 0.717) is 11.3 Å². The lowest BCUT2D eigenvalue weighted by Gasteiger charge is -2.07. The molecule has 0 amide bonds. The second-order valence-corrected chi connectivity index (χ2v) is 6.31. The molecule has 3 rings (SSSR count). The van der Waals surface area contributed by atoms with Gasteiger partial charge in [0.25, 0.3) is 11.4 Å². The Balaban J connectivity index is 1.71. The molecule has 0 unspecified atom stereocenters. The maximum Gasteiger partial charge on any atom is 0.301 e. The fourth-order valence-corrected chi connectivity index (χ4v) is 2.61. The molecule has 0 bridgehead atoms. The summed E-state index contributed by atoms with van der Waals surface area (Å²) in [6, 6.07) is 15.0. The number of non-ortho nitro benzene ring substituents is 2. The maximum atomic E-state index is 11.1. The van der Waals surface area contributed by atoms with E-state index in [1.807, 2.05) is 6.07 Å². The van der Waals surface area contributed by atoms with Crippen molar-refractivity contribution in [2.45, 2.75) is 0 Å². The summed E-state index contributed by atoms with van der Waals surface area (Å²) in [4.78, 5) is 30.6. The van der Waals surface area contributed by atoms with E-state index in [-0.39, 0.29) is 22.7 Å². The number of rotatable bonds is 8. The summed E-state index contributed by atoms with van der Waals surface area (Å²) in [7, 11) is 0. The molecule has 0 heterocycles. The Kier molecular flexibility index (Phi) is 6.50. The summed E-state index contributed by atoms with van der Waals surface area (Å²) >= 11 is 0. The molecule has 13 nitrogen and oxygen atoms in total. The monoisotopic (exact) mass is 448 g/mol. The zero-order valence-electron chi connectivity index (χ0n) is 16.4. The minimum absolute atomic E-state index is 0.00345. The predicted octanol–water partition coefficient (Wildman–Crippen LogP) is 4.52. The third-order valence-electron chi connectivity index (χ3n) is 4.19. The standard InChI is InChI=1S/C20H12N6O7/c21-11-14-9-15(24(27)28)4-8-20(14)33-17-5-1-13(2-6-17)12-22-23-18-7-3-16(25(29)30)10-19(18)26(31)32/h1-10,12,23H/b22-12-. The Morgan fingerprint density at radius 3 is 2.12 bits per heavy atom. The summed E-state index contributed by atoms with van der Waals surface area (Å²) < 4.78 is 5.60. The SMILES string of the molecule is N#Cc1cc([N+](=O)[O-])ccc1Oc1ccc(/C=N\Nc2ccc([N+](=O)[O-])cc2[N+](=O)[O-])cc1. The van der Waals surface area contributed by atoms with Crippen molar-refractivity contribution >= 4 is 29.0 Å². The first-order valence-corrected chi connectivity index (χ1v) is 8.97. The van der Waals surface area contributed by atoms with Gasteiger partial charge in [0, 0.05) is 18.2 Å². The lowest BCUT2D eigenvalue weighted by atomic mass is 10.2. The van der Waals surface area contributed by atoms with E-state index in [9.17, 15) is 35.6 Å². The van der Waals surface area contributed by atoms with Gasteiger partial charge >= 0.3 is 5.69 Å². The highest BCUT2D eigenvalue weighted by atomic mass is 16.6. The topological polar surface area (TPSA) is 187 Å². The van der Waals surface area contributed by atoms with Crippen LogP contribution in [0.1, 0.15) is 11.1 Å². The zero-order chi connectivity index (χ0) is 24.0. The Morgan fingerprint density at radius 1 is 0.879 bits per heavy atom. The molecule has 33 heavy (non-hydrogen) atoms. The van der Waals surface area contributed by atoms with Gasteiger partial charge in [0.2, 0.25) is 0 Å². The van der Waals surface area contributed by atoms with E-state index in [0.717, 1.165) is 18.2 Å². The maximum absolute atomic E-state index is 11.1. The molecule has 0 aliphatic heterocycles. The molecule has 164 valence electrons. The van der Waals surface area contributed by atoms with Crippen LogP contribution in [0.3, 0.4) is 0 Å². The van der Waals surface area contributed by atoms with Gasteiger partial charge in [-0.15, -0.1) is 0 Å². The van der Waals surface area contributed by atoms with Crippen molar-refractivity contribution in [3.8, 4) is 17.6 Å². The van der Waals surface area contributed by atoms with Crippen molar-refractivity contribution in [2.75, 3.05) is 5.43 Å². The molecule has 0 aliphatic rings. The van der Waals surface area contributed by atoms with E-state index in [1.54, 1.807) is 24.3 Å². The number of nitriles is 1. The molecular formula is C20H12N6O7. The van der Waals surface area contributed by atoms with Crippen LogP contribution in [0.25, 0.3) is 0 Å². The van der Waals surface area contributed by atoms with Gasteiger partial charge in [-0.3, -0.25) is 35.8 Å². The average molecular weight is 448 g/mol. The first kappa shape index (κ1) is 22.3. The van der Waals surface area contributed by atoms with Crippen LogP contribution in [0.4, 0.5) is 22.7 Å². The molecule has 3 aromatic carbocycles. The van der Waals surface area contributed by atoms with E-state index >= 15 is 0 Å². The number of nitrogens with one attached hydrogen (secondary N) is 1. The molecule has 0 radical (unpaired) electrons.